The van der Waals surface area contributed by atoms with Crippen LogP contribution >= 0.6 is 11.6 Å². The lowest BCUT2D eigenvalue weighted by molar-refractivity contribution is 0.417. The molecule has 1 aromatic carbocycles. The van der Waals surface area contributed by atoms with E-state index in [4.69, 9.17) is 21.6 Å². The zero-order valence-corrected chi connectivity index (χ0v) is 11.8. The third kappa shape index (κ3) is 3.06. The van der Waals surface area contributed by atoms with Crippen LogP contribution in [-0.2, 0) is 10.0 Å². The molecule has 1 N–H and O–H groups in total. The number of aryl methyl sites for hydroxylation is 1. The summed E-state index contributed by atoms with van der Waals surface area (Å²) in [5.74, 6) is 0.305. The van der Waals surface area contributed by atoms with E-state index in [-0.39, 0.29) is 5.69 Å². The summed E-state index contributed by atoms with van der Waals surface area (Å²) in [6, 6.07) is 4.75. The van der Waals surface area contributed by atoms with E-state index in [0.29, 0.717) is 16.3 Å². The second kappa shape index (κ2) is 5.46. The van der Waals surface area contributed by atoms with E-state index in [0.717, 1.165) is 0 Å². The first kappa shape index (κ1) is 14.6. The summed E-state index contributed by atoms with van der Waals surface area (Å²) in [5, 5.41) is 7.97. The van der Waals surface area contributed by atoms with Gasteiger partial charge in [0.05, 0.1) is 18.9 Å². The summed E-state index contributed by atoms with van der Waals surface area (Å²) in [4.78, 5) is 0. The van der Waals surface area contributed by atoms with Crippen molar-refractivity contribution in [3.63, 3.8) is 0 Å². The van der Waals surface area contributed by atoms with Crippen molar-refractivity contribution in [1.82, 2.24) is 0 Å². The van der Waals surface area contributed by atoms with E-state index >= 15 is 0 Å². The fourth-order valence-corrected chi connectivity index (χ4v) is 2.16. The van der Waals surface area contributed by atoms with Crippen molar-refractivity contribution in [3.8, 4) is 11.8 Å². The number of anilines is 1. The van der Waals surface area contributed by atoms with Gasteiger partial charge in [-0.1, -0.05) is 11.6 Å². The summed E-state index contributed by atoms with van der Waals surface area (Å²) < 4.78 is 30.9. The number of halogens is 1. The third-order valence-corrected chi connectivity index (χ3v) is 4.33. The molecule has 0 saturated carbocycles. The average molecular weight is 289 g/mol. The number of rotatable bonds is 4. The molecule has 0 fully saturated rings. The zero-order chi connectivity index (χ0) is 13.9. The van der Waals surface area contributed by atoms with Crippen LogP contribution in [0.4, 0.5) is 5.69 Å². The highest BCUT2D eigenvalue weighted by atomic mass is 35.5. The molecule has 0 radical (unpaired) electrons. The Morgan fingerprint density at radius 1 is 1.50 bits per heavy atom. The van der Waals surface area contributed by atoms with E-state index in [2.05, 4.69) is 4.72 Å². The molecule has 1 atom stereocenters. The second-order valence-electron chi connectivity index (χ2n) is 3.72. The molecule has 7 heteroatoms. The molecule has 0 amide bonds. The van der Waals surface area contributed by atoms with Gasteiger partial charge in [0, 0.05) is 11.1 Å². The molecule has 0 saturated heterocycles. The number of nitrogens with one attached hydrogen (secondary N) is 1. The molecule has 0 aliphatic rings. The van der Waals surface area contributed by atoms with Gasteiger partial charge in [0.1, 0.15) is 5.75 Å². The summed E-state index contributed by atoms with van der Waals surface area (Å²) in [6.07, 6.45) is 0. The average Bonchev–Trinajstić information content (AvgIpc) is 2.31. The van der Waals surface area contributed by atoms with Gasteiger partial charge in [0.15, 0.2) is 5.25 Å². The summed E-state index contributed by atoms with van der Waals surface area (Å²) in [5.41, 5.74) is 0.973. The first-order chi connectivity index (χ1) is 8.31. The maximum atomic E-state index is 11.8. The molecule has 1 rings (SSSR count). The fourth-order valence-electron chi connectivity index (χ4n) is 1.22. The Kier molecular flexibility index (Phi) is 4.43. The van der Waals surface area contributed by atoms with E-state index in [1.807, 2.05) is 0 Å². The predicted octanol–water partition coefficient (Wildman–Crippen LogP) is 2.31. The molecule has 0 aromatic heterocycles. The van der Waals surface area contributed by atoms with Crippen LogP contribution in [0.1, 0.15) is 12.5 Å². The maximum absolute atomic E-state index is 11.8. The third-order valence-electron chi connectivity index (χ3n) is 2.38. The van der Waals surface area contributed by atoms with Gasteiger partial charge in [0.2, 0.25) is 10.0 Å². The maximum Gasteiger partial charge on any atom is 0.248 e. The highest BCUT2D eigenvalue weighted by Crippen LogP contribution is 2.31. The predicted molar refractivity (Wildman–Crippen MR) is 70.4 cm³/mol. The van der Waals surface area contributed by atoms with Gasteiger partial charge in [-0.2, -0.15) is 5.26 Å². The topological polar surface area (TPSA) is 79.2 Å². The molecule has 0 bridgehead atoms. The van der Waals surface area contributed by atoms with E-state index < -0.39 is 15.3 Å². The number of hydrogen-bond donors (Lipinski definition) is 1. The van der Waals surface area contributed by atoms with Gasteiger partial charge in [-0.25, -0.2) is 8.42 Å². The first-order valence-corrected chi connectivity index (χ1v) is 6.99. The van der Waals surface area contributed by atoms with Gasteiger partial charge in [-0.3, -0.25) is 4.72 Å². The first-order valence-electron chi connectivity index (χ1n) is 5.07. The van der Waals surface area contributed by atoms with E-state index in [1.165, 1.54) is 20.1 Å². The van der Waals surface area contributed by atoms with Crippen molar-refractivity contribution in [2.24, 2.45) is 0 Å². The quantitative estimate of drug-likeness (QED) is 0.922. The lowest BCUT2D eigenvalue weighted by atomic mass is 10.2. The highest BCUT2D eigenvalue weighted by Gasteiger charge is 2.22. The van der Waals surface area contributed by atoms with Crippen molar-refractivity contribution in [1.29, 1.82) is 5.26 Å². The minimum Gasteiger partial charge on any atom is -0.495 e. The number of methoxy groups -OCH3 is 1. The van der Waals surface area contributed by atoms with Crippen LogP contribution in [0.25, 0.3) is 0 Å². The van der Waals surface area contributed by atoms with Crippen molar-refractivity contribution >= 4 is 27.3 Å². The Morgan fingerprint density at radius 3 is 2.61 bits per heavy atom. The molecule has 0 aliphatic carbocycles. The monoisotopic (exact) mass is 288 g/mol. The lowest BCUT2D eigenvalue weighted by Crippen LogP contribution is -2.24. The van der Waals surface area contributed by atoms with Crippen LogP contribution in [0.2, 0.25) is 5.02 Å². The summed E-state index contributed by atoms with van der Waals surface area (Å²) in [7, 11) is -2.35. The normalized spacial score (nSPS) is 12.6. The Labute approximate surface area is 111 Å². The van der Waals surface area contributed by atoms with Gasteiger partial charge in [0.25, 0.3) is 0 Å². The van der Waals surface area contributed by atoms with E-state index in [1.54, 1.807) is 19.1 Å². The van der Waals surface area contributed by atoms with Crippen LogP contribution in [0.15, 0.2) is 12.1 Å². The van der Waals surface area contributed by atoms with Crippen LogP contribution in [0.5, 0.6) is 5.75 Å². The fraction of sp³-hybridized carbons (Fsp3) is 0.364. The van der Waals surface area contributed by atoms with Gasteiger partial charge < -0.3 is 4.74 Å². The Morgan fingerprint density at radius 2 is 2.11 bits per heavy atom. The van der Waals surface area contributed by atoms with Crippen molar-refractivity contribution in [3.05, 3.63) is 22.7 Å². The highest BCUT2D eigenvalue weighted by molar-refractivity contribution is 7.93. The van der Waals surface area contributed by atoms with Crippen LogP contribution < -0.4 is 9.46 Å². The van der Waals surface area contributed by atoms with Crippen LogP contribution in [0.3, 0.4) is 0 Å². The largest absolute Gasteiger partial charge is 0.495 e. The molecule has 0 aliphatic heterocycles. The smallest absolute Gasteiger partial charge is 0.248 e. The van der Waals surface area contributed by atoms with E-state index in [9.17, 15) is 8.42 Å². The molecule has 1 unspecified atom stereocenters. The molecular weight excluding hydrogens is 276 g/mol. The number of sulfonamides is 1. The SMILES string of the molecule is COc1cc(Cl)c(C)cc1NS(=O)(=O)C(C)C#N. The van der Waals surface area contributed by atoms with Crippen LogP contribution in [0, 0.1) is 18.3 Å². The number of hydrogen-bond acceptors (Lipinski definition) is 4. The van der Waals surface area contributed by atoms with Gasteiger partial charge in [-0.05, 0) is 25.5 Å². The lowest BCUT2D eigenvalue weighted by Gasteiger charge is -2.14. The number of benzene rings is 1. The van der Waals surface area contributed by atoms with Crippen molar-refractivity contribution < 1.29 is 13.2 Å². The number of ether oxygens (including phenoxy) is 1. The molecule has 0 spiro atoms. The van der Waals surface area contributed by atoms with Gasteiger partial charge in [-0.15, -0.1) is 0 Å². The number of nitriles is 1. The second-order valence-corrected chi connectivity index (χ2v) is 6.13. The minimum absolute atomic E-state index is 0.265. The van der Waals surface area contributed by atoms with Gasteiger partial charge >= 0.3 is 0 Å². The number of nitrogens with zero attached hydrogens (tertiary/aromatic N) is 1. The summed E-state index contributed by atoms with van der Waals surface area (Å²) >= 11 is 5.92. The minimum atomic E-state index is -3.76. The Hall–Kier alpha value is -1.45. The molecule has 0 heterocycles. The van der Waals surface area contributed by atoms with Crippen molar-refractivity contribution in [2.75, 3.05) is 11.8 Å². The molecular formula is C11H13ClN2O3S. The molecule has 5 nitrogen and oxygen atoms in total. The molecule has 98 valence electrons. The van der Waals surface area contributed by atoms with Crippen molar-refractivity contribution in [2.45, 2.75) is 19.1 Å². The Bertz CT molecular complexity index is 593. The zero-order valence-electron chi connectivity index (χ0n) is 10.2. The van der Waals surface area contributed by atoms with Crippen LogP contribution in [-0.4, -0.2) is 20.8 Å². The Balaban J connectivity index is 3.20. The standard InChI is InChI=1S/C11H13ClN2O3S/c1-7-4-10(11(17-3)5-9(7)12)14-18(15,16)8(2)6-13/h4-5,8,14H,1-3H3. The molecule has 18 heavy (non-hydrogen) atoms. The summed E-state index contributed by atoms with van der Waals surface area (Å²) in [6.45, 7) is 3.05. The molecule has 1 aromatic rings.